The smallest absolute Gasteiger partial charge is 0.224 e. The van der Waals surface area contributed by atoms with Crippen molar-refractivity contribution in [3.8, 4) is 0 Å². The van der Waals surface area contributed by atoms with Gasteiger partial charge in [0, 0.05) is 13.2 Å². The SMILES string of the molecule is CC(C)c1nc(Cl)nc2nn(C)cc12. The highest BCUT2D eigenvalue weighted by molar-refractivity contribution is 6.28. The Kier molecular flexibility index (Phi) is 2.15. The predicted molar refractivity (Wildman–Crippen MR) is 55.4 cm³/mol. The Morgan fingerprint density at radius 3 is 2.71 bits per heavy atom. The summed E-state index contributed by atoms with van der Waals surface area (Å²) in [5.41, 5.74) is 1.62. The molecule has 0 atom stereocenters. The third kappa shape index (κ3) is 1.46. The molecule has 0 aliphatic rings. The van der Waals surface area contributed by atoms with Gasteiger partial charge in [-0.25, -0.2) is 4.98 Å². The van der Waals surface area contributed by atoms with Gasteiger partial charge in [-0.3, -0.25) is 4.68 Å². The summed E-state index contributed by atoms with van der Waals surface area (Å²) in [7, 11) is 1.86. The zero-order valence-corrected chi connectivity index (χ0v) is 9.08. The maximum absolute atomic E-state index is 5.81. The molecule has 0 amide bonds. The van der Waals surface area contributed by atoms with Gasteiger partial charge in [0.25, 0.3) is 0 Å². The van der Waals surface area contributed by atoms with Crippen LogP contribution in [0.25, 0.3) is 11.0 Å². The third-order valence-corrected chi connectivity index (χ3v) is 2.21. The van der Waals surface area contributed by atoms with Gasteiger partial charge in [0.05, 0.1) is 11.1 Å². The van der Waals surface area contributed by atoms with Gasteiger partial charge in [0.1, 0.15) is 0 Å². The second-order valence-electron chi connectivity index (χ2n) is 3.57. The summed E-state index contributed by atoms with van der Waals surface area (Å²) in [6, 6.07) is 0. The molecule has 0 unspecified atom stereocenters. The maximum atomic E-state index is 5.81. The predicted octanol–water partition coefficient (Wildman–Crippen LogP) is 2.14. The van der Waals surface area contributed by atoms with Gasteiger partial charge in [-0.1, -0.05) is 13.8 Å². The molecule has 2 aromatic rings. The number of hydrogen-bond acceptors (Lipinski definition) is 3. The number of nitrogens with zero attached hydrogens (tertiary/aromatic N) is 4. The molecule has 0 aromatic carbocycles. The molecule has 5 heteroatoms. The van der Waals surface area contributed by atoms with Crippen molar-refractivity contribution in [3.63, 3.8) is 0 Å². The van der Waals surface area contributed by atoms with E-state index in [0.29, 0.717) is 11.6 Å². The van der Waals surface area contributed by atoms with Crippen molar-refractivity contribution >= 4 is 22.6 Å². The molecule has 2 rings (SSSR count). The van der Waals surface area contributed by atoms with Crippen LogP contribution >= 0.6 is 11.6 Å². The first-order valence-electron chi connectivity index (χ1n) is 4.44. The van der Waals surface area contributed by atoms with Gasteiger partial charge in [0.2, 0.25) is 5.28 Å². The van der Waals surface area contributed by atoms with Crippen LogP contribution in [0.1, 0.15) is 25.5 Å². The fraction of sp³-hybridized carbons (Fsp3) is 0.444. The fourth-order valence-corrected chi connectivity index (χ4v) is 1.62. The number of rotatable bonds is 1. The van der Waals surface area contributed by atoms with Crippen LogP contribution in [0.4, 0.5) is 0 Å². The fourth-order valence-electron chi connectivity index (χ4n) is 1.45. The van der Waals surface area contributed by atoms with E-state index in [9.17, 15) is 0 Å². The Labute approximate surface area is 86.9 Å². The van der Waals surface area contributed by atoms with Crippen molar-refractivity contribution in [2.45, 2.75) is 19.8 Å². The Morgan fingerprint density at radius 1 is 1.36 bits per heavy atom. The van der Waals surface area contributed by atoms with Crippen LogP contribution in [0.5, 0.6) is 0 Å². The van der Waals surface area contributed by atoms with Gasteiger partial charge >= 0.3 is 0 Å². The van der Waals surface area contributed by atoms with Crippen LogP contribution in [-0.2, 0) is 7.05 Å². The summed E-state index contributed by atoms with van der Waals surface area (Å²) in [5, 5.41) is 5.44. The average molecular weight is 211 g/mol. The standard InChI is InChI=1S/C9H11ClN4/c1-5(2)7-6-4-14(3)13-8(6)12-9(10)11-7/h4-5H,1-3H3. The molecule has 0 fully saturated rings. The quantitative estimate of drug-likeness (QED) is 0.678. The summed E-state index contributed by atoms with van der Waals surface area (Å²) in [6.07, 6.45) is 1.92. The Hall–Kier alpha value is -1.16. The molecule has 74 valence electrons. The lowest BCUT2D eigenvalue weighted by Crippen LogP contribution is -1.95. The van der Waals surface area contributed by atoms with E-state index in [0.717, 1.165) is 11.1 Å². The minimum absolute atomic E-state index is 0.264. The Balaban J connectivity index is 2.79. The number of aryl methyl sites for hydroxylation is 1. The molecular weight excluding hydrogens is 200 g/mol. The molecule has 0 spiro atoms. The van der Waals surface area contributed by atoms with E-state index in [-0.39, 0.29) is 5.28 Å². The Morgan fingerprint density at radius 2 is 2.07 bits per heavy atom. The third-order valence-electron chi connectivity index (χ3n) is 2.04. The lowest BCUT2D eigenvalue weighted by Gasteiger charge is -2.04. The molecule has 2 aromatic heterocycles. The summed E-state index contributed by atoms with van der Waals surface area (Å²) in [6.45, 7) is 4.15. The second kappa shape index (κ2) is 3.20. The molecule has 2 heterocycles. The van der Waals surface area contributed by atoms with E-state index in [1.165, 1.54) is 0 Å². The molecule has 0 radical (unpaired) electrons. The maximum Gasteiger partial charge on any atom is 0.224 e. The van der Waals surface area contributed by atoms with Crippen LogP contribution in [0.2, 0.25) is 5.28 Å². The number of halogens is 1. The molecule has 0 saturated carbocycles. The first-order chi connectivity index (χ1) is 6.58. The second-order valence-corrected chi connectivity index (χ2v) is 3.91. The molecule has 0 aliphatic carbocycles. The van der Waals surface area contributed by atoms with Gasteiger partial charge in [-0.15, -0.1) is 0 Å². The molecular formula is C9H11ClN4. The molecule has 0 saturated heterocycles. The van der Waals surface area contributed by atoms with E-state index in [1.807, 2.05) is 13.2 Å². The van der Waals surface area contributed by atoms with Crippen molar-refractivity contribution in [2.75, 3.05) is 0 Å². The number of aromatic nitrogens is 4. The summed E-state index contributed by atoms with van der Waals surface area (Å²) in [5.74, 6) is 0.321. The van der Waals surface area contributed by atoms with Gasteiger partial charge in [-0.2, -0.15) is 10.1 Å². The first kappa shape index (κ1) is 9.40. The molecule has 0 bridgehead atoms. The van der Waals surface area contributed by atoms with Crippen molar-refractivity contribution in [1.82, 2.24) is 19.7 Å². The van der Waals surface area contributed by atoms with Crippen LogP contribution in [0, 0.1) is 0 Å². The lowest BCUT2D eigenvalue weighted by molar-refractivity contribution is 0.775. The van der Waals surface area contributed by atoms with Gasteiger partial charge < -0.3 is 0 Å². The van der Waals surface area contributed by atoms with Crippen LogP contribution in [0.15, 0.2) is 6.20 Å². The zero-order valence-electron chi connectivity index (χ0n) is 8.32. The summed E-state index contributed by atoms with van der Waals surface area (Å²) in [4.78, 5) is 8.28. The molecule has 4 nitrogen and oxygen atoms in total. The topological polar surface area (TPSA) is 43.6 Å². The minimum Gasteiger partial charge on any atom is -0.273 e. The van der Waals surface area contributed by atoms with Gasteiger partial charge in [0.15, 0.2) is 5.65 Å². The van der Waals surface area contributed by atoms with Gasteiger partial charge in [-0.05, 0) is 17.5 Å². The first-order valence-corrected chi connectivity index (χ1v) is 4.82. The van der Waals surface area contributed by atoms with E-state index >= 15 is 0 Å². The minimum atomic E-state index is 0.264. The highest BCUT2D eigenvalue weighted by Crippen LogP contribution is 2.22. The van der Waals surface area contributed by atoms with Crippen molar-refractivity contribution in [2.24, 2.45) is 7.05 Å². The van der Waals surface area contributed by atoms with Crippen LogP contribution in [-0.4, -0.2) is 19.7 Å². The zero-order chi connectivity index (χ0) is 10.3. The number of fused-ring (bicyclic) bond motifs is 1. The molecule has 0 N–H and O–H groups in total. The molecule has 14 heavy (non-hydrogen) atoms. The van der Waals surface area contributed by atoms with E-state index in [4.69, 9.17) is 11.6 Å². The largest absolute Gasteiger partial charge is 0.273 e. The van der Waals surface area contributed by atoms with Crippen LogP contribution in [0.3, 0.4) is 0 Å². The monoisotopic (exact) mass is 210 g/mol. The van der Waals surface area contributed by atoms with E-state index < -0.39 is 0 Å². The van der Waals surface area contributed by atoms with Crippen molar-refractivity contribution in [3.05, 3.63) is 17.2 Å². The Bertz CT molecular complexity index is 475. The molecule has 0 aliphatic heterocycles. The van der Waals surface area contributed by atoms with Crippen LogP contribution < -0.4 is 0 Å². The summed E-state index contributed by atoms with van der Waals surface area (Å²) < 4.78 is 1.72. The van der Waals surface area contributed by atoms with E-state index in [2.05, 4.69) is 28.9 Å². The summed E-state index contributed by atoms with van der Waals surface area (Å²) >= 11 is 5.81. The highest BCUT2D eigenvalue weighted by atomic mass is 35.5. The normalized spacial score (nSPS) is 11.5. The van der Waals surface area contributed by atoms with Crippen molar-refractivity contribution < 1.29 is 0 Å². The van der Waals surface area contributed by atoms with E-state index in [1.54, 1.807) is 4.68 Å². The lowest BCUT2D eigenvalue weighted by atomic mass is 10.1. The van der Waals surface area contributed by atoms with Crippen molar-refractivity contribution in [1.29, 1.82) is 0 Å². The average Bonchev–Trinajstić information content (AvgIpc) is 2.42. The number of hydrogen-bond donors (Lipinski definition) is 0. The highest BCUT2D eigenvalue weighted by Gasteiger charge is 2.12.